The zero-order valence-corrected chi connectivity index (χ0v) is 20.3. The van der Waals surface area contributed by atoms with Crippen LogP contribution >= 0.6 is 12.2 Å². The highest BCUT2D eigenvalue weighted by atomic mass is 32.1. The minimum atomic E-state index is -0.147. The quantitative estimate of drug-likeness (QED) is 0.377. The molecule has 35 heavy (non-hydrogen) atoms. The number of hydrogen-bond donors (Lipinski definition) is 2. The summed E-state index contributed by atoms with van der Waals surface area (Å²) in [7, 11) is 0. The molecule has 6 nitrogen and oxygen atoms in total. The fourth-order valence-electron chi connectivity index (χ4n) is 4.22. The second-order valence-electron chi connectivity index (χ2n) is 8.63. The van der Waals surface area contributed by atoms with Crippen LogP contribution in [-0.4, -0.2) is 28.2 Å². The summed E-state index contributed by atoms with van der Waals surface area (Å²) in [5, 5.41) is 4.92. The van der Waals surface area contributed by atoms with Crippen molar-refractivity contribution in [3.05, 3.63) is 106 Å². The summed E-state index contributed by atoms with van der Waals surface area (Å²) in [4.78, 5) is 18.1. The van der Waals surface area contributed by atoms with E-state index in [-0.39, 0.29) is 11.6 Å². The third kappa shape index (κ3) is 5.30. The molecule has 2 N–H and O–H groups in total. The molecule has 1 atom stereocenters. The lowest BCUT2D eigenvalue weighted by Gasteiger charge is -2.28. The fraction of sp³-hybridized carbons (Fsp3) is 0.214. The average molecular weight is 486 g/mol. The molecule has 1 aliphatic heterocycles. The highest BCUT2D eigenvalue weighted by molar-refractivity contribution is 7.80. The zero-order valence-electron chi connectivity index (χ0n) is 19.5. The summed E-state index contributed by atoms with van der Waals surface area (Å²) in [5.74, 6) is 1.34. The van der Waals surface area contributed by atoms with E-state index in [1.807, 2.05) is 59.5 Å². The molecule has 5 rings (SSSR count). The largest absolute Gasteiger partial charge is 0.486 e. The van der Waals surface area contributed by atoms with Gasteiger partial charge < -0.3 is 24.7 Å². The molecule has 0 saturated heterocycles. The molecular weight excluding hydrogens is 458 g/mol. The molecule has 0 spiro atoms. The Bertz CT molecular complexity index is 1390. The Kier molecular flexibility index (Phi) is 6.68. The number of aromatic nitrogens is 1. The molecule has 0 amide bonds. The number of aromatic amines is 1. The van der Waals surface area contributed by atoms with Gasteiger partial charge in [0.05, 0.1) is 18.1 Å². The normalized spacial score (nSPS) is 13.3. The lowest BCUT2D eigenvalue weighted by molar-refractivity contribution is 0.172. The maximum absolute atomic E-state index is 13.0. The first-order chi connectivity index (χ1) is 17.1. The highest BCUT2D eigenvalue weighted by Gasteiger charge is 2.18. The molecule has 1 aliphatic rings. The van der Waals surface area contributed by atoms with Gasteiger partial charge in [-0.05, 0) is 42.4 Å². The molecule has 3 aromatic carbocycles. The number of hydrogen-bond acceptors (Lipinski definition) is 4. The van der Waals surface area contributed by atoms with Gasteiger partial charge in [0.2, 0.25) is 0 Å². The van der Waals surface area contributed by atoms with Gasteiger partial charge in [0.15, 0.2) is 16.6 Å². The van der Waals surface area contributed by atoms with Crippen LogP contribution in [0.3, 0.4) is 0 Å². The number of thiocarbonyl (C=S) groups is 1. The van der Waals surface area contributed by atoms with Crippen molar-refractivity contribution < 1.29 is 9.47 Å². The van der Waals surface area contributed by atoms with Crippen LogP contribution in [0.25, 0.3) is 10.9 Å². The van der Waals surface area contributed by atoms with Crippen LogP contribution in [0.2, 0.25) is 0 Å². The number of rotatable bonds is 6. The Morgan fingerprint density at radius 2 is 1.63 bits per heavy atom. The summed E-state index contributed by atoms with van der Waals surface area (Å²) < 4.78 is 11.4. The maximum atomic E-state index is 13.0. The lowest BCUT2D eigenvalue weighted by Crippen LogP contribution is -2.41. The lowest BCUT2D eigenvalue weighted by atomic mass is 10.1. The van der Waals surface area contributed by atoms with Crippen molar-refractivity contribution in [2.45, 2.75) is 26.1 Å². The molecule has 2 heterocycles. The molecule has 178 valence electrons. The smallest absolute Gasteiger partial charge is 0.253 e. The summed E-state index contributed by atoms with van der Waals surface area (Å²) in [5.41, 5.74) is 3.45. The van der Waals surface area contributed by atoms with Gasteiger partial charge in [0.1, 0.15) is 13.2 Å². The summed E-state index contributed by atoms with van der Waals surface area (Å²) in [6.45, 7) is 4.03. The van der Waals surface area contributed by atoms with Gasteiger partial charge in [0.25, 0.3) is 5.56 Å². The van der Waals surface area contributed by atoms with Crippen molar-refractivity contribution in [1.29, 1.82) is 0 Å². The van der Waals surface area contributed by atoms with Crippen LogP contribution in [0.15, 0.2) is 83.7 Å². The van der Waals surface area contributed by atoms with E-state index in [4.69, 9.17) is 21.7 Å². The molecule has 0 radical (unpaired) electrons. The first-order valence-electron chi connectivity index (χ1n) is 11.7. The van der Waals surface area contributed by atoms with Gasteiger partial charge in [-0.25, -0.2) is 0 Å². The van der Waals surface area contributed by atoms with Crippen LogP contribution in [0.1, 0.15) is 29.7 Å². The number of nitrogens with zero attached hydrogens (tertiary/aromatic N) is 1. The van der Waals surface area contributed by atoms with Crippen molar-refractivity contribution in [3.63, 3.8) is 0 Å². The molecule has 0 bridgehead atoms. The standard InChI is InChI=1S/C28H27N3O3S/c1-19(21-10-6-3-7-11-21)29-28(35)31(17-20-8-4-2-5-9-20)18-23-14-22-15-25-26(34-13-12-33-25)16-24(22)30-27(23)32/h2-11,14-16,19H,12-13,17-18H2,1H3,(H,29,35)(H,30,32)/t19-/m0/s1. The van der Waals surface area contributed by atoms with E-state index in [2.05, 4.69) is 41.5 Å². The van der Waals surface area contributed by atoms with Crippen molar-refractivity contribution >= 4 is 28.2 Å². The van der Waals surface area contributed by atoms with Crippen LogP contribution < -0.4 is 20.3 Å². The van der Waals surface area contributed by atoms with E-state index < -0.39 is 0 Å². The Hall–Kier alpha value is -3.84. The SMILES string of the molecule is C[C@H](NC(=S)N(Cc1ccccc1)Cc1cc2cc3c(cc2[nH]c1=O)OCCO3)c1ccccc1. The average Bonchev–Trinajstić information content (AvgIpc) is 2.88. The number of ether oxygens (including phenoxy) is 2. The third-order valence-corrected chi connectivity index (χ3v) is 6.46. The van der Waals surface area contributed by atoms with Crippen LogP contribution in [0.4, 0.5) is 0 Å². The molecule has 7 heteroatoms. The van der Waals surface area contributed by atoms with Gasteiger partial charge in [-0.15, -0.1) is 0 Å². The topological polar surface area (TPSA) is 66.6 Å². The number of pyridine rings is 1. The molecule has 0 unspecified atom stereocenters. The second kappa shape index (κ2) is 10.2. The van der Waals surface area contributed by atoms with Gasteiger partial charge >= 0.3 is 0 Å². The third-order valence-electron chi connectivity index (χ3n) is 6.09. The molecule has 4 aromatic rings. The Morgan fingerprint density at radius 3 is 2.34 bits per heavy atom. The highest BCUT2D eigenvalue weighted by Crippen LogP contribution is 2.33. The molecule has 0 fully saturated rings. The van der Waals surface area contributed by atoms with E-state index in [1.54, 1.807) is 0 Å². The van der Waals surface area contributed by atoms with Crippen molar-refractivity contribution in [3.8, 4) is 11.5 Å². The Morgan fingerprint density at radius 1 is 0.971 bits per heavy atom. The first kappa shape index (κ1) is 22.9. The number of nitrogens with one attached hydrogen (secondary N) is 2. The number of fused-ring (bicyclic) bond motifs is 2. The predicted octanol–water partition coefficient (Wildman–Crippen LogP) is 4.94. The van der Waals surface area contributed by atoms with Crippen LogP contribution in [0.5, 0.6) is 11.5 Å². The summed E-state index contributed by atoms with van der Waals surface area (Å²) in [6, 6.07) is 26.0. The first-order valence-corrected chi connectivity index (χ1v) is 12.1. The molecule has 0 aliphatic carbocycles. The zero-order chi connectivity index (χ0) is 24.2. The van der Waals surface area contributed by atoms with Gasteiger partial charge in [-0.1, -0.05) is 60.7 Å². The van der Waals surface area contributed by atoms with E-state index >= 15 is 0 Å². The maximum Gasteiger partial charge on any atom is 0.253 e. The van der Waals surface area contributed by atoms with Gasteiger partial charge in [0, 0.05) is 23.6 Å². The van der Waals surface area contributed by atoms with Crippen LogP contribution in [-0.2, 0) is 13.1 Å². The number of benzene rings is 3. The fourth-order valence-corrected chi connectivity index (χ4v) is 4.52. The number of H-pyrrole nitrogens is 1. The van der Waals surface area contributed by atoms with Crippen molar-refractivity contribution in [2.24, 2.45) is 0 Å². The summed E-state index contributed by atoms with van der Waals surface area (Å²) in [6.07, 6.45) is 0. The minimum absolute atomic E-state index is 0.0283. The molecular formula is C28H27N3O3S. The minimum Gasteiger partial charge on any atom is -0.486 e. The second-order valence-corrected chi connectivity index (χ2v) is 9.02. The van der Waals surface area contributed by atoms with E-state index in [1.165, 1.54) is 0 Å². The monoisotopic (exact) mass is 485 g/mol. The summed E-state index contributed by atoms with van der Waals surface area (Å²) >= 11 is 5.84. The van der Waals surface area contributed by atoms with E-state index in [0.29, 0.717) is 48.5 Å². The van der Waals surface area contributed by atoms with Gasteiger partial charge in [-0.3, -0.25) is 4.79 Å². The van der Waals surface area contributed by atoms with E-state index in [0.717, 1.165) is 22.0 Å². The van der Waals surface area contributed by atoms with Gasteiger partial charge in [-0.2, -0.15) is 0 Å². The van der Waals surface area contributed by atoms with Crippen molar-refractivity contribution in [2.75, 3.05) is 13.2 Å². The molecule has 0 saturated carbocycles. The molecule has 1 aromatic heterocycles. The van der Waals surface area contributed by atoms with Crippen LogP contribution in [0, 0.1) is 0 Å². The predicted molar refractivity (Wildman–Crippen MR) is 142 cm³/mol. The Labute approximate surface area is 209 Å². The van der Waals surface area contributed by atoms with Crippen molar-refractivity contribution in [1.82, 2.24) is 15.2 Å². The van der Waals surface area contributed by atoms with E-state index in [9.17, 15) is 4.79 Å². The Balaban J connectivity index is 1.43.